The van der Waals surface area contributed by atoms with E-state index in [9.17, 15) is 4.79 Å². The summed E-state index contributed by atoms with van der Waals surface area (Å²) in [6, 6.07) is 0.441. The lowest BCUT2D eigenvalue weighted by molar-refractivity contribution is 0.0702. The van der Waals surface area contributed by atoms with Crippen LogP contribution in [0.5, 0.6) is 0 Å². The van der Waals surface area contributed by atoms with Crippen LogP contribution in [0.2, 0.25) is 0 Å². The fraction of sp³-hybridized carbons (Fsp3) is 0.556. The number of aromatic nitrogens is 1. The lowest BCUT2D eigenvalue weighted by atomic mass is 10.2. The first-order chi connectivity index (χ1) is 7.25. The highest BCUT2D eigenvalue weighted by Crippen LogP contribution is 2.23. The van der Waals surface area contributed by atoms with Gasteiger partial charge in [0.15, 0.2) is 5.13 Å². The first kappa shape index (κ1) is 10.8. The third kappa shape index (κ3) is 2.85. The molecular weight excluding hydrogens is 232 g/mol. The Morgan fingerprint density at radius 3 is 3.13 bits per heavy atom. The van der Waals surface area contributed by atoms with Gasteiger partial charge in [0.1, 0.15) is 4.88 Å². The van der Waals surface area contributed by atoms with Crippen molar-refractivity contribution in [1.82, 2.24) is 4.98 Å². The van der Waals surface area contributed by atoms with Crippen LogP contribution in [-0.4, -0.2) is 33.6 Å². The summed E-state index contributed by atoms with van der Waals surface area (Å²) in [5.74, 6) is 1.41. The number of carboxylic acids is 1. The molecule has 1 saturated heterocycles. The molecule has 4 nitrogen and oxygen atoms in total. The normalized spacial score (nSPS) is 21.2. The van der Waals surface area contributed by atoms with E-state index in [1.165, 1.54) is 29.7 Å². The average Bonchev–Trinajstić information content (AvgIpc) is 2.68. The number of anilines is 1. The Bertz CT molecular complexity index is 348. The highest BCUT2D eigenvalue weighted by atomic mass is 32.2. The van der Waals surface area contributed by atoms with Gasteiger partial charge in [0.2, 0.25) is 0 Å². The maximum atomic E-state index is 10.6. The largest absolute Gasteiger partial charge is 0.477 e. The van der Waals surface area contributed by atoms with Gasteiger partial charge in [-0.2, -0.15) is 11.8 Å². The average molecular weight is 244 g/mol. The van der Waals surface area contributed by atoms with Crippen LogP contribution in [0.25, 0.3) is 0 Å². The number of nitrogens with zero attached hydrogens (tertiary/aromatic N) is 1. The summed E-state index contributed by atoms with van der Waals surface area (Å²) in [4.78, 5) is 15.0. The second kappa shape index (κ2) is 4.85. The topological polar surface area (TPSA) is 62.2 Å². The van der Waals surface area contributed by atoms with Crippen molar-refractivity contribution in [3.63, 3.8) is 0 Å². The smallest absolute Gasteiger partial charge is 0.347 e. The van der Waals surface area contributed by atoms with Crippen molar-refractivity contribution in [3.8, 4) is 0 Å². The summed E-state index contributed by atoms with van der Waals surface area (Å²) >= 11 is 3.14. The van der Waals surface area contributed by atoms with Gasteiger partial charge in [0, 0.05) is 11.8 Å². The van der Waals surface area contributed by atoms with Gasteiger partial charge in [0.05, 0.1) is 6.20 Å². The third-order valence-corrected chi connectivity index (χ3v) is 4.34. The monoisotopic (exact) mass is 244 g/mol. The zero-order chi connectivity index (χ0) is 10.7. The molecule has 2 N–H and O–H groups in total. The van der Waals surface area contributed by atoms with E-state index >= 15 is 0 Å². The molecule has 0 spiro atoms. The Balaban J connectivity index is 1.94. The van der Waals surface area contributed by atoms with Gasteiger partial charge in [-0.25, -0.2) is 9.78 Å². The first-order valence-electron chi connectivity index (χ1n) is 4.79. The minimum absolute atomic E-state index is 0.293. The van der Waals surface area contributed by atoms with Gasteiger partial charge >= 0.3 is 5.97 Å². The van der Waals surface area contributed by atoms with Crippen LogP contribution in [0.1, 0.15) is 22.5 Å². The van der Waals surface area contributed by atoms with Gasteiger partial charge < -0.3 is 10.4 Å². The lowest BCUT2D eigenvalue weighted by Crippen LogP contribution is -2.25. The minimum atomic E-state index is -0.904. The zero-order valence-electron chi connectivity index (χ0n) is 8.10. The number of thiazole rings is 1. The Hall–Kier alpha value is -0.750. The molecule has 6 heteroatoms. The zero-order valence-corrected chi connectivity index (χ0v) is 9.74. The van der Waals surface area contributed by atoms with Crippen molar-refractivity contribution < 1.29 is 9.90 Å². The summed E-state index contributed by atoms with van der Waals surface area (Å²) in [5.41, 5.74) is 0. The van der Waals surface area contributed by atoms with Crippen molar-refractivity contribution in [3.05, 3.63) is 11.1 Å². The first-order valence-corrected chi connectivity index (χ1v) is 6.76. The van der Waals surface area contributed by atoms with Gasteiger partial charge in [-0.15, -0.1) is 0 Å². The van der Waals surface area contributed by atoms with E-state index < -0.39 is 5.97 Å². The van der Waals surface area contributed by atoms with Crippen LogP contribution < -0.4 is 5.32 Å². The van der Waals surface area contributed by atoms with Crippen LogP contribution in [-0.2, 0) is 0 Å². The summed E-state index contributed by atoms with van der Waals surface area (Å²) in [7, 11) is 0. The number of nitrogens with one attached hydrogen (secondary N) is 1. The predicted molar refractivity (Wildman–Crippen MR) is 63.0 cm³/mol. The molecule has 2 rings (SSSR count). The Morgan fingerprint density at radius 2 is 2.53 bits per heavy atom. The summed E-state index contributed by atoms with van der Waals surface area (Å²) in [5, 5.41) is 12.7. The fourth-order valence-corrected chi connectivity index (χ4v) is 3.27. The van der Waals surface area contributed by atoms with Crippen LogP contribution in [0.15, 0.2) is 6.20 Å². The van der Waals surface area contributed by atoms with Crippen LogP contribution in [0.4, 0.5) is 5.13 Å². The Labute approximate surface area is 96.1 Å². The van der Waals surface area contributed by atoms with Gasteiger partial charge in [0.25, 0.3) is 0 Å². The summed E-state index contributed by atoms with van der Waals surface area (Å²) < 4.78 is 0. The predicted octanol–water partition coefficient (Wildman–Crippen LogP) is 2.15. The molecular formula is C9H12N2O2S2. The van der Waals surface area contributed by atoms with Crippen molar-refractivity contribution in [2.45, 2.75) is 18.9 Å². The highest BCUT2D eigenvalue weighted by molar-refractivity contribution is 7.99. The molecule has 82 valence electrons. The number of rotatable bonds is 3. The molecule has 0 amide bonds. The number of hydrogen-bond donors (Lipinski definition) is 2. The van der Waals surface area contributed by atoms with Gasteiger partial charge in [-0.3, -0.25) is 0 Å². The molecule has 1 aromatic rings. The Kier molecular flexibility index (Phi) is 3.48. The number of hydrogen-bond acceptors (Lipinski definition) is 5. The SMILES string of the molecule is O=C(O)c1cnc(NC2CCCSC2)s1. The van der Waals surface area contributed by atoms with Crippen LogP contribution >= 0.6 is 23.1 Å². The van der Waals surface area contributed by atoms with Crippen LogP contribution in [0.3, 0.4) is 0 Å². The molecule has 0 aromatic carbocycles. The van der Waals surface area contributed by atoms with Gasteiger partial charge in [-0.1, -0.05) is 11.3 Å². The maximum absolute atomic E-state index is 10.6. The molecule has 1 unspecified atom stereocenters. The molecule has 1 fully saturated rings. The summed E-state index contributed by atoms with van der Waals surface area (Å²) in [6.07, 6.45) is 3.78. The number of carboxylic acid groups (broad SMARTS) is 1. The number of thioether (sulfide) groups is 1. The van der Waals surface area contributed by atoms with E-state index in [1.54, 1.807) is 0 Å². The van der Waals surface area contributed by atoms with Crippen molar-refractivity contribution >= 4 is 34.2 Å². The van der Waals surface area contributed by atoms with E-state index in [2.05, 4.69) is 10.3 Å². The number of aromatic carboxylic acids is 1. The van der Waals surface area contributed by atoms with E-state index in [0.717, 1.165) is 17.3 Å². The minimum Gasteiger partial charge on any atom is -0.477 e. The Morgan fingerprint density at radius 1 is 1.67 bits per heavy atom. The quantitative estimate of drug-likeness (QED) is 0.853. The molecule has 0 radical (unpaired) electrons. The standard InChI is InChI=1S/C9H12N2O2S2/c12-8(13)7-4-10-9(15-7)11-6-2-1-3-14-5-6/h4,6H,1-3,5H2,(H,10,11)(H,12,13). The molecule has 15 heavy (non-hydrogen) atoms. The van der Waals surface area contributed by atoms with Gasteiger partial charge in [-0.05, 0) is 18.6 Å². The molecule has 1 aliphatic rings. The molecule has 1 aliphatic heterocycles. The third-order valence-electron chi connectivity index (χ3n) is 2.20. The van der Waals surface area contributed by atoms with Crippen molar-refractivity contribution in [2.75, 3.05) is 16.8 Å². The molecule has 1 aromatic heterocycles. The van der Waals surface area contributed by atoms with E-state index in [4.69, 9.17) is 5.11 Å². The van der Waals surface area contributed by atoms with E-state index in [0.29, 0.717) is 10.9 Å². The molecule has 2 heterocycles. The van der Waals surface area contributed by atoms with E-state index in [-0.39, 0.29) is 0 Å². The second-order valence-electron chi connectivity index (χ2n) is 3.39. The van der Waals surface area contributed by atoms with Crippen LogP contribution in [0, 0.1) is 0 Å². The molecule has 0 bridgehead atoms. The molecule has 1 atom stereocenters. The fourth-order valence-electron chi connectivity index (χ4n) is 1.47. The van der Waals surface area contributed by atoms with Crippen molar-refractivity contribution in [2.24, 2.45) is 0 Å². The maximum Gasteiger partial charge on any atom is 0.347 e. The molecule has 0 saturated carbocycles. The van der Waals surface area contributed by atoms with E-state index in [1.807, 2.05) is 11.8 Å². The second-order valence-corrected chi connectivity index (χ2v) is 5.57. The number of carbonyl (C=O) groups is 1. The molecule has 0 aliphatic carbocycles. The highest BCUT2D eigenvalue weighted by Gasteiger charge is 2.15. The summed E-state index contributed by atoms with van der Waals surface area (Å²) in [6.45, 7) is 0. The van der Waals surface area contributed by atoms with Crippen molar-refractivity contribution in [1.29, 1.82) is 0 Å². The lowest BCUT2D eigenvalue weighted by Gasteiger charge is -2.21.